The molecule has 0 saturated heterocycles. The number of phenols is 1. The predicted octanol–water partition coefficient (Wildman–Crippen LogP) is 2.90. The Morgan fingerprint density at radius 3 is 2.58 bits per heavy atom. The van der Waals surface area contributed by atoms with Crippen molar-refractivity contribution in [1.29, 1.82) is 0 Å². The Hall–Kier alpha value is -0.980. The molecule has 0 amide bonds. The van der Waals surface area contributed by atoms with Crippen molar-refractivity contribution in [1.82, 2.24) is 0 Å². The quantitative estimate of drug-likeness (QED) is 0.712. The van der Waals surface area contributed by atoms with Gasteiger partial charge >= 0.3 is 0 Å². The topological polar surface area (TPSA) is 20.2 Å². The maximum absolute atomic E-state index is 9.25. The minimum absolute atomic E-state index is 0.372. The molecule has 1 N–H and O–H groups in total. The van der Waals surface area contributed by atoms with Gasteiger partial charge in [0.2, 0.25) is 0 Å². The maximum atomic E-state index is 9.25. The van der Waals surface area contributed by atoms with Gasteiger partial charge in [-0.25, -0.2) is 0 Å². The molecule has 1 nitrogen and oxygen atoms in total. The first-order chi connectivity index (χ1) is 5.59. The normalized spacial score (nSPS) is 10.7. The maximum Gasteiger partial charge on any atom is 0.115 e. The summed E-state index contributed by atoms with van der Waals surface area (Å²) in [6.45, 7) is 6.45. The van der Waals surface area contributed by atoms with Gasteiger partial charge in [0.15, 0.2) is 0 Å². The number of phenolic OH excluding ortho intramolecular Hbond substituents is 1. The van der Waals surface area contributed by atoms with Crippen molar-refractivity contribution >= 4 is 0 Å². The van der Waals surface area contributed by atoms with Crippen LogP contribution in [0.3, 0.4) is 0 Å². The van der Waals surface area contributed by atoms with Gasteiger partial charge in [0.05, 0.1) is 0 Å². The summed E-state index contributed by atoms with van der Waals surface area (Å²) in [5.74, 6) is 1.02. The van der Waals surface area contributed by atoms with Crippen LogP contribution >= 0.6 is 0 Å². The Labute approximate surface area is 74.1 Å². The third-order valence-corrected chi connectivity index (χ3v) is 1.96. The summed E-state index contributed by atoms with van der Waals surface area (Å²) in [6, 6.07) is 5.56. The lowest BCUT2D eigenvalue weighted by molar-refractivity contribution is 0.473. The van der Waals surface area contributed by atoms with Crippen LogP contribution in [0.2, 0.25) is 0 Å². The van der Waals surface area contributed by atoms with Crippen LogP contribution in [0.1, 0.15) is 25.0 Å². The van der Waals surface area contributed by atoms with Crippen LogP contribution in [0.25, 0.3) is 0 Å². The zero-order valence-electron chi connectivity index (χ0n) is 7.96. The van der Waals surface area contributed by atoms with Gasteiger partial charge in [-0.3, -0.25) is 0 Å². The summed E-state index contributed by atoms with van der Waals surface area (Å²) in [5.41, 5.74) is 2.52. The van der Waals surface area contributed by atoms with E-state index in [1.165, 1.54) is 11.1 Å². The molecule has 1 heteroatoms. The Kier molecular flexibility index (Phi) is 2.74. The van der Waals surface area contributed by atoms with E-state index in [-0.39, 0.29) is 0 Å². The Bertz CT molecular complexity index is 264. The number of rotatable bonds is 2. The number of aromatic hydroxyl groups is 1. The van der Waals surface area contributed by atoms with E-state index in [9.17, 15) is 5.11 Å². The standard InChI is InChI=1S/C11H16O/c1-8(2)6-10-7-11(12)5-4-9(10)3/h4-5,7-8,12H,6H2,1-3H3. The highest BCUT2D eigenvalue weighted by Gasteiger charge is 2.01. The molecule has 0 aromatic heterocycles. The van der Waals surface area contributed by atoms with Gasteiger partial charge in [0, 0.05) is 0 Å². The minimum atomic E-state index is 0.372. The van der Waals surface area contributed by atoms with E-state index in [1.54, 1.807) is 6.07 Å². The zero-order valence-corrected chi connectivity index (χ0v) is 7.96. The number of hydrogen-bond acceptors (Lipinski definition) is 1. The van der Waals surface area contributed by atoms with Gasteiger partial charge in [0.1, 0.15) is 5.75 Å². The van der Waals surface area contributed by atoms with Gasteiger partial charge < -0.3 is 5.11 Å². The van der Waals surface area contributed by atoms with Gasteiger partial charge in [-0.2, -0.15) is 0 Å². The first kappa shape index (κ1) is 9.11. The summed E-state index contributed by atoms with van der Waals surface area (Å²) < 4.78 is 0. The molecule has 0 aliphatic carbocycles. The van der Waals surface area contributed by atoms with Crippen molar-refractivity contribution in [3.63, 3.8) is 0 Å². The molecule has 0 bridgehead atoms. The Balaban J connectivity index is 2.90. The molecule has 0 heterocycles. The number of hydrogen-bond donors (Lipinski definition) is 1. The van der Waals surface area contributed by atoms with E-state index >= 15 is 0 Å². The average Bonchev–Trinajstić information content (AvgIpc) is 1.96. The van der Waals surface area contributed by atoms with Crippen molar-refractivity contribution in [2.24, 2.45) is 5.92 Å². The molecule has 0 atom stereocenters. The van der Waals surface area contributed by atoms with Gasteiger partial charge in [-0.15, -0.1) is 0 Å². The molecule has 0 aliphatic heterocycles. The van der Waals surface area contributed by atoms with Crippen molar-refractivity contribution in [2.45, 2.75) is 27.2 Å². The second-order valence-corrected chi connectivity index (χ2v) is 3.71. The molecule has 1 aromatic rings. The summed E-state index contributed by atoms with van der Waals surface area (Å²) in [6.07, 6.45) is 1.04. The summed E-state index contributed by atoms with van der Waals surface area (Å²) >= 11 is 0. The summed E-state index contributed by atoms with van der Waals surface area (Å²) in [7, 11) is 0. The first-order valence-corrected chi connectivity index (χ1v) is 4.38. The SMILES string of the molecule is Cc1ccc(O)cc1CC(C)C. The van der Waals surface area contributed by atoms with Crippen LogP contribution in [0.15, 0.2) is 18.2 Å². The summed E-state index contributed by atoms with van der Waals surface area (Å²) in [5, 5.41) is 9.25. The number of benzene rings is 1. The lowest BCUT2D eigenvalue weighted by Gasteiger charge is -2.08. The van der Waals surface area contributed by atoms with Crippen LogP contribution in [-0.2, 0) is 6.42 Å². The molecular weight excluding hydrogens is 148 g/mol. The van der Waals surface area contributed by atoms with Crippen LogP contribution in [0.5, 0.6) is 5.75 Å². The molecule has 1 aromatic carbocycles. The second-order valence-electron chi connectivity index (χ2n) is 3.71. The predicted molar refractivity (Wildman–Crippen MR) is 51.4 cm³/mol. The summed E-state index contributed by atoms with van der Waals surface area (Å²) in [4.78, 5) is 0. The zero-order chi connectivity index (χ0) is 9.14. The molecule has 1 rings (SSSR count). The van der Waals surface area contributed by atoms with Gasteiger partial charge in [-0.1, -0.05) is 19.9 Å². The molecule has 0 saturated carbocycles. The fraction of sp³-hybridized carbons (Fsp3) is 0.455. The van der Waals surface area contributed by atoms with E-state index < -0.39 is 0 Å². The van der Waals surface area contributed by atoms with Crippen LogP contribution in [0.4, 0.5) is 0 Å². The van der Waals surface area contributed by atoms with E-state index in [0.29, 0.717) is 11.7 Å². The highest BCUT2D eigenvalue weighted by molar-refractivity contribution is 5.34. The molecule has 12 heavy (non-hydrogen) atoms. The van der Waals surface area contributed by atoms with Crippen molar-refractivity contribution in [3.05, 3.63) is 29.3 Å². The molecule has 0 fully saturated rings. The fourth-order valence-corrected chi connectivity index (χ4v) is 1.32. The number of aryl methyl sites for hydroxylation is 1. The van der Waals surface area contributed by atoms with E-state index in [0.717, 1.165) is 6.42 Å². The van der Waals surface area contributed by atoms with Crippen molar-refractivity contribution in [2.75, 3.05) is 0 Å². The third-order valence-electron chi connectivity index (χ3n) is 1.96. The highest BCUT2D eigenvalue weighted by Crippen LogP contribution is 2.18. The smallest absolute Gasteiger partial charge is 0.115 e. The van der Waals surface area contributed by atoms with Crippen LogP contribution < -0.4 is 0 Å². The largest absolute Gasteiger partial charge is 0.508 e. The van der Waals surface area contributed by atoms with E-state index in [1.807, 2.05) is 12.1 Å². The van der Waals surface area contributed by atoms with E-state index in [4.69, 9.17) is 0 Å². The lowest BCUT2D eigenvalue weighted by Crippen LogP contribution is -1.96. The molecule has 0 aliphatic rings. The third kappa shape index (κ3) is 2.26. The molecular formula is C11H16O. The minimum Gasteiger partial charge on any atom is -0.508 e. The van der Waals surface area contributed by atoms with E-state index in [2.05, 4.69) is 20.8 Å². The monoisotopic (exact) mass is 164 g/mol. The van der Waals surface area contributed by atoms with Crippen molar-refractivity contribution in [3.8, 4) is 5.75 Å². The molecule has 0 spiro atoms. The molecule has 0 radical (unpaired) electrons. The molecule has 0 unspecified atom stereocenters. The highest BCUT2D eigenvalue weighted by atomic mass is 16.3. The Morgan fingerprint density at radius 2 is 2.00 bits per heavy atom. The first-order valence-electron chi connectivity index (χ1n) is 4.38. The van der Waals surface area contributed by atoms with Crippen LogP contribution in [-0.4, -0.2) is 5.11 Å². The molecule has 66 valence electrons. The Morgan fingerprint density at radius 1 is 1.33 bits per heavy atom. The van der Waals surface area contributed by atoms with Gasteiger partial charge in [-0.05, 0) is 42.5 Å². The average molecular weight is 164 g/mol. The second kappa shape index (κ2) is 3.61. The van der Waals surface area contributed by atoms with Gasteiger partial charge in [0.25, 0.3) is 0 Å². The fourth-order valence-electron chi connectivity index (χ4n) is 1.32. The van der Waals surface area contributed by atoms with Crippen molar-refractivity contribution < 1.29 is 5.11 Å². The lowest BCUT2D eigenvalue weighted by atomic mass is 9.99. The van der Waals surface area contributed by atoms with Crippen LogP contribution in [0, 0.1) is 12.8 Å².